The van der Waals surface area contributed by atoms with Crippen LogP contribution in [0.3, 0.4) is 0 Å². The molecule has 0 fully saturated rings. The van der Waals surface area contributed by atoms with Crippen LogP contribution in [0, 0.1) is 17.2 Å². The molecule has 0 aliphatic heterocycles. The lowest BCUT2D eigenvalue weighted by Gasteiger charge is -2.32. The predicted molar refractivity (Wildman–Crippen MR) is 132 cm³/mol. The van der Waals surface area contributed by atoms with Crippen LogP contribution in [0.2, 0.25) is 0 Å². The highest BCUT2D eigenvalue weighted by atomic mass is 16.5. The Morgan fingerprint density at radius 1 is 0.939 bits per heavy atom. The second-order valence-electron chi connectivity index (χ2n) is 8.14. The van der Waals surface area contributed by atoms with Crippen LogP contribution < -0.4 is 18.9 Å². The molecule has 0 saturated heterocycles. The van der Waals surface area contributed by atoms with Gasteiger partial charge in [0.15, 0.2) is 23.0 Å². The summed E-state index contributed by atoms with van der Waals surface area (Å²) < 4.78 is 55.9. The molecule has 33 heavy (non-hydrogen) atoms. The summed E-state index contributed by atoms with van der Waals surface area (Å²) in [5.74, 6) is 1.85. The van der Waals surface area contributed by atoms with E-state index >= 15 is 0 Å². The van der Waals surface area contributed by atoms with Gasteiger partial charge in [-0.2, -0.15) is 5.26 Å². The van der Waals surface area contributed by atoms with E-state index in [0.717, 1.165) is 5.56 Å². The molecule has 0 N–H and O–H groups in total. The first-order valence-electron chi connectivity index (χ1n) is 12.9. The fourth-order valence-electron chi connectivity index (χ4n) is 3.85. The first-order chi connectivity index (χ1) is 17.4. The van der Waals surface area contributed by atoms with Crippen LogP contribution in [0.25, 0.3) is 0 Å². The minimum atomic E-state index is -2.35. The van der Waals surface area contributed by atoms with Crippen molar-refractivity contribution in [1.82, 2.24) is 4.90 Å². The quantitative estimate of drug-likeness (QED) is 0.416. The predicted octanol–water partition coefficient (Wildman–Crippen LogP) is 5.09. The third kappa shape index (κ3) is 6.33. The fourth-order valence-corrected chi connectivity index (χ4v) is 3.85. The van der Waals surface area contributed by atoms with E-state index in [1.54, 1.807) is 33.4 Å². The maximum Gasteiger partial charge on any atom is 0.161 e. The minimum absolute atomic E-state index is 0.0316. The molecule has 0 spiro atoms. The van der Waals surface area contributed by atoms with E-state index in [1.165, 1.54) is 31.3 Å². The summed E-state index contributed by atoms with van der Waals surface area (Å²) in [6.07, 6.45) is -1.43. The monoisotopic (exact) mass is 458 g/mol. The van der Waals surface area contributed by atoms with Crippen molar-refractivity contribution in [1.29, 1.82) is 5.26 Å². The van der Waals surface area contributed by atoms with Gasteiger partial charge >= 0.3 is 0 Å². The standard InChI is InChI=1S/C27H38N2O4/c1-20(2)27(19-28,22-10-12-24(31-5)26(18-22)33-7)14-8-15-29(3)16-13-21-9-11-23(30-4)25(17-21)32-6/h9-12,17-18,20H,8,13-16H2,1-7H3/i13D2,16D2. The molecule has 0 aliphatic carbocycles. The van der Waals surface area contributed by atoms with E-state index in [9.17, 15) is 5.26 Å². The average molecular weight is 459 g/mol. The van der Waals surface area contributed by atoms with Gasteiger partial charge < -0.3 is 23.8 Å². The van der Waals surface area contributed by atoms with Crippen molar-refractivity contribution < 1.29 is 24.4 Å². The Balaban J connectivity index is 2.27. The molecule has 1 unspecified atom stereocenters. The van der Waals surface area contributed by atoms with E-state index in [4.69, 9.17) is 24.4 Å². The van der Waals surface area contributed by atoms with Crippen LogP contribution in [0.15, 0.2) is 36.4 Å². The zero-order valence-corrected chi connectivity index (χ0v) is 20.7. The van der Waals surface area contributed by atoms with E-state index in [2.05, 4.69) is 6.07 Å². The summed E-state index contributed by atoms with van der Waals surface area (Å²) in [6.45, 7) is 1.86. The molecule has 0 aliphatic rings. The molecule has 6 heteroatoms. The van der Waals surface area contributed by atoms with E-state index in [0.29, 0.717) is 35.8 Å². The number of methoxy groups -OCH3 is 4. The highest BCUT2D eigenvalue weighted by molar-refractivity contribution is 5.47. The molecule has 2 rings (SSSR count). The van der Waals surface area contributed by atoms with Crippen molar-refractivity contribution >= 4 is 0 Å². The van der Waals surface area contributed by atoms with Gasteiger partial charge in [0, 0.05) is 12.0 Å². The lowest BCUT2D eigenvalue weighted by Crippen LogP contribution is -2.32. The highest BCUT2D eigenvalue weighted by Crippen LogP contribution is 2.40. The van der Waals surface area contributed by atoms with Crippen molar-refractivity contribution in [2.75, 3.05) is 48.5 Å². The van der Waals surface area contributed by atoms with Crippen molar-refractivity contribution in [2.45, 2.75) is 38.5 Å². The fraction of sp³-hybridized carbons (Fsp3) is 0.519. The normalized spacial score (nSPS) is 15.5. The summed E-state index contributed by atoms with van der Waals surface area (Å²) >= 11 is 0. The number of aryl methyl sites for hydroxylation is 1. The lowest BCUT2D eigenvalue weighted by atomic mass is 9.69. The van der Waals surface area contributed by atoms with Crippen LogP contribution in [0.1, 0.15) is 43.3 Å². The van der Waals surface area contributed by atoms with Crippen LogP contribution >= 0.6 is 0 Å². The van der Waals surface area contributed by atoms with Crippen molar-refractivity contribution in [3.05, 3.63) is 47.5 Å². The molecule has 180 valence electrons. The van der Waals surface area contributed by atoms with Crippen LogP contribution in [-0.4, -0.2) is 53.4 Å². The van der Waals surface area contributed by atoms with Gasteiger partial charge in [0.05, 0.1) is 39.9 Å². The van der Waals surface area contributed by atoms with Crippen molar-refractivity contribution in [3.63, 3.8) is 0 Å². The van der Waals surface area contributed by atoms with E-state index in [1.807, 2.05) is 26.0 Å². The zero-order valence-electron chi connectivity index (χ0n) is 24.7. The Kier molecular flexibility index (Phi) is 7.75. The summed E-state index contributed by atoms with van der Waals surface area (Å²) in [4.78, 5) is 1.36. The molecule has 2 aromatic rings. The van der Waals surface area contributed by atoms with Gasteiger partial charge in [-0.3, -0.25) is 0 Å². The molecule has 1 atom stereocenters. The number of nitriles is 1. The molecule has 2 aromatic carbocycles. The largest absolute Gasteiger partial charge is 0.493 e. The molecule has 0 heterocycles. The summed E-state index contributed by atoms with van der Waals surface area (Å²) in [6, 6.07) is 12.5. The van der Waals surface area contributed by atoms with Crippen molar-refractivity contribution in [3.8, 4) is 29.1 Å². The zero-order chi connectivity index (χ0) is 28.0. The molecule has 0 saturated carbocycles. The van der Waals surface area contributed by atoms with Gasteiger partial charge in [-0.25, -0.2) is 0 Å². The molecular formula is C27H38N2O4. The Hall–Kier alpha value is -2.91. The first kappa shape index (κ1) is 20.7. The number of nitrogens with zero attached hydrogens (tertiary/aromatic N) is 2. The van der Waals surface area contributed by atoms with Gasteiger partial charge in [0.2, 0.25) is 0 Å². The van der Waals surface area contributed by atoms with Gasteiger partial charge in [-0.15, -0.1) is 0 Å². The second kappa shape index (κ2) is 12.4. The third-order valence-electron chi connectivity index (χ3n) is 5.92. The number of benzene rings is 2. The summed E-state index contributed by atoms with van der Waals surface area (Å²) in [5.41, 5.74) is 0.102. The Morgan fingerprint density at radius 3 is 2.06 bits per heavy atom. The van der Waals surface area contributed by atoms with Gasteiger partial charge in [0.1, 0.15) is 0 Å². The van der Waals surface area contributed by atoms with Crippen LogP contribution in [-0.2, 0) is 11.8 Å². The summed E-state index contributed by atoms with van der Waals surface area (Å²) in [5, 5.41) is 10.3. The first-order valence-corrected chi connectivity index (χ1v) is 10.9. The van der Waals surface area contributed by atoms with Crippen LogP contribution in [0.5, 0.6) is 23.0 Å². The number of likely N-dealkylation sites (N-methyl/N-ethyl adjacent to an activating group) is 1. The molecule has 0 amide bonds. The van der Waals surface area contributed by atoms with Crippen LogP contribution in [0.4, 0.5) is 0 Å². The molecule has 0 bridgehead atoms. The Labute approximate surface area is 204 Å². The molecule has 0 aromatic heterocycles. The minimum Gasteiger partial charge on any atom is -0.493 e. The number of ether oxygens (including phenoxy) is 4. The number of hydrogen-bond acceptors (Lipinski definition) is 6. The third-order valence-corrected chi connectivity index (χ3v) is 5.92. The van der Waals surface area contributed by atoms with Gasteiger partial charge in [0.25, 0.3) is 0 Å². The highest BCUT2D eigenvalue weighted by Gasteiger charge is 2.36. The maximum absolute atomic E-state index is 10.3. The molecule has 6 nitrogen and oxygen atoms in total. The lowest BCUT2D eigenvalue weighted by molar-refractivity contribution is 0.292. The Bertz CT molecular complexity index is 1100. The topological polar surface area (TPSA) is 64.0 Å². The maximum atomic E-state index is 10.3. The second-order valence-corrected chi connectivity index (χ2v) is 8.14. The smallest absolute Gasteiger partial charge is 0.161 e. The van der Waals surface area contributed by atoms with Gasteiger partial charge in [-0.1, -0.05) is 26.0 Å². The number of rotatable bonds is 13. The van der Waals surface area contributed by atoms with Gasteiger partial charge in [-0.05, 0) is 74.1 Å². The molecular weight excluding hydrogens is 416 g/mol. The number of hydrogen-bond donors (Lipinski definition) is 0. The van der Waals surface area contributed by atoms with Crippen molar-refractivity contribution in [2.24, 2.45) is 5.92 Å². The molecule has 0 radical (unpaired) electrons. The SMILES string of the molecule is [2H]C([2H])(c1ccc(OC)c(OC)c1)C([2H])([2H])N(C)CCCC(C#N)(c1ccc(OC)c(OC)c1)C(C)C. The Morgan fingerprint density at radius 2 is 1.52 bits per heavy atom. The summed E-state index contributed by atoms with van der Waals surface area (Å²) in [7, 11) is 7.60. The van der Waals surface area contributed by atoms with E-state index in [-0.39, 0.29) is 18.0 Å². The average Bonchev–Trinajstić information content (AvgIpc) is 2.89. The van der Waals surface area contributed by atoms with E-state index < -0.39 is 18.3 Å².